The van der Waals surface area contributed by atoms with E-state index in [9.17, 15) is 0 Å². The standard InChI is InChI=1S/C19H15N3/c1-13(15-10-6-8-14-7-2-3-9-16(14)15)20-19-21-17-11-4-5-12-18(17)22-19/h2-12H,1H3,(H,21,22)/b20-13+. The second-order valence-corrected chi connectivity index (χ2v) is 5.30. The van der Waals surface area contributed by atoms with Crippen molar-refractivity contribution in [3.63, 3.8) is 0 Å². The minimum absolute atomic E-state index is 0.645. The van der Waals surface area contributed by atoms with Gasteiger partial charge in [-0.15, -0.1) is 0 Å². The molecule has 0 radical (unpaired) electrons. The van der Waals surface area contributed by atoms with Gasteiger partial charge < -0.3 is 4.98 Å². The Kier molecular flexibility index (Phi) is 2.97. The van der Waals surface area contributed by atoms with E-state index < -0.39 is 0 Å². The highest BCUT2D eigenvalue weighted by atomic mass is 15.1. The molecule has 0 amide bonds. The number of fused-ring (bicyclic) bond motifs is 2. The molecule has 0 saturated heterocycles. The maximum absolute atomic E-state index is 4.67. The molecule has 4 aromatic rings. The molecule has 3 heteroatoms. The van der Waals surface area contributed by atoms with E-state index in [4.69, 9.17) is 0 Å². The van der Waals surface area contributed by atoms with Crippen molar-refractivity contribution >= 4 is 33.5 Å². The molecule has 0 unspecified atom stereocenters. The van der Waals surface area contributed by atoms with Gasteiger partial charge in [0.05, 0.1) is 11.0 Å². The molecule has 1 heterocycles. The normalized spacial score (nSPS) is 12.1. The zero-order valence-electron chi connectivity index (χ0n) is 12.2. The molecule has 0 atom stereocenters. The number of H-pyrrole nitrogens is 1. The van der Waals surface area contributed by atoms with Crippen LogP contribution < -0.4 is 0 Å². The van der Waals surface area contributed by atoms with Crippen molar-refractivity contribution in [2.45, 2.75) is 6.92 Å². The summed E-state index contributed by atoms with van der Waals surface area (Å²) in [6.07, 6.45) is 0. The summed E-state index contributed by atoms with van der Waals surface area (Å²) in [5.74, 6) is 0.645. The first-order valence-electron chi connectivity index (χ1n) is 7.29. The number of rotatable bonds is 2. The monoisotopic (exact) mass is 285 g/mol. The second-order valence-electron chi connectivity index (χ2n) is 5.30. The molecular formula is C19H15N3. The van der Waals surface area contributed by atoms with Crippen molar-refractivity contribution in [1.82, 2.24) is 9.97 Å². The number of para-hydroxylation sites is 2. The molecule has 4 rings (SSSR count). The largest absolute Gasteiger partial charge is 0.322 e. The van der Waals surface area contributed by atoms with Crippen LogP contribution in [0.1, 0.15) is 12.5 Å². The van der Waals surface area contributed by atoms with Crippen molar-refractivity contribution in [1.29, 1.82) is 0 Å². The van der Waals surface area contributed by atoms with Gasteiger partial charge in [-0.2, -0.15) is 0 Å². The molecular weight excluding hydrogens is 270 g/mol. The number of nitrogens with one attached hydrogen (secondary N) is 1. The summed E-state index contributed by atoms with van der Waals surface area (Å²) < 4.78 is 0. The molecule has 3 nitrogen and oxygen atoms in total. The Morgan fingerprint density at radius 1 is 0.909 bits per heavy atom. The second kappa shape index (κ2) is 5.11. The van der Waals surface area contributed by atoms with Crippen LogP contribution in [-0.2, 0) is 0 Å². The minimum Gasteiger partial charge on any atom is -0.322 e. The predicted molar refractivity (Wildman–Crippen MR) is 91.9 cm³/mol. The maximum Gasteiger partial charge on any atom is 0.228 e. The van der Waals surface area contributed by atoms with E-state index in [1.165, 1.54) is 10.8 Å². The third kappa shape index (κ3) is 2.17. The Bertz CT molecular complexity index is 957. The molecule has 1 aromatic heterocycles. The lowest BCUT2D eigenvalue weighted by Crippen LogP contribution is -1.95. The van der Waals surface area contributed by atoms with Crippen LogP contribution in [-0.4, -0.2) is 15.7 Å². The lowest BCUT2D eigenvalue weighted by Gasteiger charge is -2.05. The Hall–Kier alpha value is -2.94. The third-order valence-electron chi connectivity index (χ3n) is 3.83. The molecule has 3 aromatic carbocycles. The number of hydrogen-bond donors (Lipinski definition) is 1. The summed E-state index contributed by atoms with van der Waals surface area (Å²) >= 11 is 0. The predicted octanol–water partition coefficient (Wildman–Crippen LogP) is 4.86. The van der Waals surface area contributed by atoms with Crippen LogP contribution in [0, 0.1) is 0 Å². The molecule has 0 aliphatic heterocycles. The molecule has 0 saturated carbocycles. The number of nitrogens with zero attached hydrogens (tertiary/aromatic N) is 2. The van der Waals surface area contributed by atoms with Crippen LogP contribution in [0.5, 0.6) is 0 Å². The van der Waals surface area contributed by atoms with Crippen LogP contribution in [0.15, 0.2) is 71.7 Å². The quantitative estimate of drug-likeness (QED) is 0.525. The van der Waals surface area contributed by atoms with Gasteiger partial charge in [-0.05, 0) is 29.8 Å². The molecule has 22 heavy (non-hydrogen) atoms. The molecule has 0 spiro atoms. The van der Waals surface area contributed by atoms with E-state index in [2.05, 4.69) is 57.4 Å². The van der Waals surface area contributed by atoms with Gasteiger partial charge in [0.15, 0.2) is 0 Å². The van der Waals surface area contributed by atoms with Crippen molar-refractivity contribution in [3.8, 4) is 0 Å². The van der Waals surface area contributed by atoms with E-state index in [-0.39, 0.29) is 0 Å². The van der Waals surface area contributed by atoms with Gasteiger partial charge in [0.1, 0.15) is 0 Å². The zero-order valence-corrected chi connectivity index (χ0v) is 12.2. The summed E-state index contributed by atoms with van der Waals surface area (Å²) in [6.45, 7) is 2.02. The van der Waals surface area contributed by atoms with Crippen molar-refractivity contribution < 1.29 is 0 Å². The maximum atomic E-state index is 4.67. The molecule has 0 aliphatic rings. The van der Waals surface area contributed by atoms with Crippen LogP contribution >= 0.6 is 0 Å². The number of benzene rings is 3. The Morgan fingerprint density at radius 3 is 2.59 bits per heavy atom. The minimum atomic E-state index is 0.645. The smallest absolute Gasteiger partial charge is 0.228 e. The van der Waals surface area contributed by atoms with Gasteiger partial charge in [-0.25, -0.2) is 9.98 Å². The Labute approximate surface area is 128 Å². The average molecular weight is 285 g/mol. The van der Waals surface area contributed by atoms with Crippen molar-refractivity contribution in [3.05, 3.63) is 72.3 Å². The van der Waals surface area contributed by atoms with Crippen LogP contribution in [0.4, 0.5) is 5.95 Å². The molecule has 0 fully saturated rings. The van der Waals surface area contributed by atoms with Crippen molar-refractivity contribution in [2.75, 3.05) is 0 Å². The average Bonchev–Trinajstić information content (AvgIpc) is 2.96. The number of imidazole rings is 1. The highest BCUT2D eigenvalue weighted by Gasteiger charge is 2.05. The summed E-state index contributed by atoms with van der Waals surface area (Å²) in [6, 6.07) is 22.6. The first-order chi connectivity index (χ1) is 10.8. The topological polar surface area (TPSA) is 41.0 Å². The highest BCUT2D eigenvalue weighted by molar-refractivity contribution is 6.10. The number of aromatic nitrogens is 2. The number of aliphatic imine (C=N–C) groups is 1. The summed E-state index contributed by atoms with van der Waals surface area (Å²) in [4.78, 5) is 12.4. The molecule has 106 valence electrons. The highest BCUT2D eigenvalue weighted by Crippen LogP contribution is 2.21. The lowest BCUT2D eigenvalue weighted by molar-refractivity contribution is 1.26. The van der Waals surface area contributed by atoms with E-state index in [0.717, 1.165) is 22.3 Å². The summed E-state index contributed by atoms with van der Waals surface area (Å²) in [5.41, 5.74) is 4.04. The van der Waals surface area contributed by atoms with Gasteiger partial charge in [-0.3, -0.25) is 0 Å². The van der Waals surface area contributed by atoms with Gasteiger partial charge in [0.2, 0.25) is 5.95 Å². The third-order valence-corrected chi connectivity index (χ3v) is 3.83. The fraction of sp³-hybridized carbons (Fsp3) is 0.0526. The van der Waals surface area contributed by atoms with E-state index in [0.29, 0.717) is 5.95 Å². The Morgan fingerprint density at radius 2 is 1.68 bits per heavy atom. The Balaban J connectivity index is 1.83. The first kappa shape index (κ1) is 12.8. The molecule has 0 aliphatic carbocycles. The van der Waals surface area contributed by atoms with Crippen LogP contribution in [0.2, 0.25) is 0 Å². The number of aromatic amines is 1. The zero-order chi connectivity index (χ0) is 14.9. The van der Waals surface area contributed by atoms with Gasteiger partial charge in [-0.1, -0.05) is 54.6 Å². The number of hydrogen-bond acceptors (Lipinski definition) is 2. The molecule has 0 bridgehead atoms. The fourth-order valence-corrected chi connectivity index (χ4v) is 2.75. The van der Waals surface area contributed by atoms with Gasteiger partial charge in [0.25, 0.3) is 0 Å². The first-order valence-corrected chi connectivity index (χ1v) is 7.29. The van der Waals surface area contributed by atoms with E-state index >= 15 is 0 Å². The van der Waals surface area contributed by atoms with Gasteiger partial charge in [0, 0.05) is 11.3 Å². The fourth-order valence-electron chi connectivity index (χ4n) is 2.75. The lowest BCUT2D eigenvalue weighted by atomic mass is 10.0. The van der Waals surface area contributed by atoms with E-state index in [1.54, 1.807) is 0 Å². The van der Waals surface area contributed by atoms with Crippen molar-refractivity contribution in [2.24, 2.45) is 4.99 Å². The summed E-state index contributed by atoms with van der Waals surface area (Å²) in [5, 5.41) is 2.43. The summed E-state index contributed by atoms with van der Waals surface area (Å²) in [7, 11) is 0. The van der Waals surface area contributed by atoms with Gasteiger partial charge >= 0.3 is 0 Å². The van der Waals surface area contributed by atoms with Crippen LogP contribution in [0.3, 0.4) is 0 Å². The van der Waals surface area contributed by atoms with E-state index in [1.807, 2.05) is 31.2 Å². The van der Waals surface area contributed by atoms with Crippen LogP contribution in [0.25, 0.3) is 21.8 Å². The SMILES string of the molecule is C/C(=N\c1nc2ccccc2[nH]1)c1cccc2ccccc12. The molecule has 1 N–H and O–H groups in total.